The van der Waals surface area contributed by atoms with Gasteiger partial charge in [-0.2, -0.15) is 0 Å². The molecule has 1 aromatic heterocycles. The fourth-order valence-electron chi connectivity index (χ4n) is 3.25. The molecule has 1 unspecified atom stereocenters. The number of nitrogens with zero attached hydrogens (tertiary/aromatic N) is 1. The molecule has 0 aliphatic carbocycles. The van der Waals surface area contributed by atoms with Gasteiger partial charge < -0.3 is 4.74 Å². The van der Waals surface area contributed by atoms with Gasteiger partial charge in [-0.3, -0.25) is 10.1 Å². The van der Waals surface area contributed by atoms with Crippen LogP contribution in [0.4, 0.5) is 5.13 Å². The maximum Gasteiger partial charge on any atom is 0.339 e. The number of carbonyl (C=O) groups is 2. The minimum atomic E-state index is -0.839. The molecular formula is C22H20N2O3S. The topological polar surface area (TPSA) is 68.3 Å². The first-order valence-electron chi connectivity index (χ1n) is 9.24. The van der Waals surface area contributed by atoms with Gasteiger partial charge in [0.25, 0.3) is 5.91 Å². The minimum absolute atomic E-state index is 0.346. The summed E-state index contributed by atoms with van der Waals surface area (Å²) < 4.78 is 5.35. The smallest absolute Gasteiger partial charge is 0.339 e. The molecule has 0 radical (unpaired) electrons. The summed E-state index contributed by atoms with van der Waals surface area (Å²) in [6, 6.07) is 15.8. The van der Waals surface area contributed by atoms with Crippen LogP contribution >= 0.6 is 11.3 Å². The lowest BCUT2D eigenvalue weighted by molar-refractivity contribution is -0.125. The molecule has 1 amide bonds. The van der Waals surface area contributed by atoms with E-state index < -0.39 is 12.1 Å². The van der Waals surface area contributed by atoms with Gasteiger partial charge in [-0.25, -0.2) is 9.78 Å². The molecule has 0 bridgehead atoms. The average molecular weight is 392 g/mol. The van der Waals surface area contributed by atoms with Gasteiger partial charge in [0.2, 0.25) is 0 Å². The first-order valence-corrected chi connectivity index (χ1v) is 10.1. The van der Waals surface area contributed by atoms with Gasteiger partial charge in [0, 0.05) is 23.9 Å². The van der Waals surface area contributed by atoms with E-state index in [1.807, 2.05) is 30.3 Å². The lowest BCUT2D eigenvalue weighted by Gasteiger charge is -2.24. The zero-order valence-electron chi connectivity index (χ0n) is 15.5. The number of hydrogen-bond acceptors (Lipinski definition) is 5. The summed E-state index contributed by atoms with van der Waals surface area (Å²) in [5.41, 5.74) is 3.73. The highest BCUT2D eigenvalue weighted by Gasteiger charge is 2.31. The number of cyclic esters (lactones) is 1. The summed E-state index contributed by atoms with van der Waals surface area (Å²) in [4.78, 5) is 30.2. The number of aryl methyl sites for hydroxylation is 1. The second-order valence-electron chi connectivity index (χ2n) is 6.73. The highest BCUT2D eigenvalue weighted by molar-refractivity contribution is 7.15. The number of aromatic nitrogens is 1. The van der Waals surface area contributed by atoms with Crippen LogP contribution < -0.4 is 5.32 Å². The van der Waals surface area contributed by atoms with Crippen molar-refractivity contribution < 1.29 is 14.3 Å². The van der Waals surface area contributed by atoms with E-state index >= 15 is 0 Å². The molecule has 2 aromatic carbocycles. The van der Waals surface area contributed by atoms with Gasteiger partial charge in [-0.05, 0) is 29.2 Å². The van der Waals surface area contributed by atoms with Crippen molar-refractivity contribution in [3.05, 3.63) is 81.9 Å². The zero-order valence-corrected chi connectivity index (χ0v) is 16.3. The number of fused-ring (bicyclic) bond motifs is 1. The van der Waals surface area contributed by atoms with Crippen LogP contribution in [0.3, 0.4) is 0 Å². The summed E-state index contributed by atoms with van der Waals surface area (Å²) in [6.45, 7) is 2.06. The molecule has 6 heteroatoms. The molecule has 1 N–H and O–H groups in total. The van der Waals surface area contributed by atoms with E-state index in [0.717, 1.165) is 28.8 Å². The van der Waals surface area contributed by atoms with Gasteiger partial charge in [0.05, 0.1) is 5.56 Å². The van der Waals surface area contributed by atoms with E-state index in [9.17, 15) is 9.59 Å². The van der Waals surface area contributed by atoms with Crippen LogP contribution in [0.2, 0.25) is 0 Å². The standard InChI is InChI=1S/C22H20N2O3S/c1-2-14-8-9-18-16(10-14)12-19(27-21(18)26)20(25)24-22-23-13-17(28-22)11-15-6-4-3-5-7-15/h3-10,13,19H,2,11-12H2,1H3,(H,23,24,25). The number of esters is 1. The van der Waals surface area contributed by atoms with Crippen LogP contribution in [-0.2, 0) is 28.8 Å². The van der Waals surface area contributed by atoms with E-state index in [1.54, 1.807) is 12.3 Å². The number of hydrogen-bond donors (Lipinski definition) is 1. The molecule has 4 rings (SSSR count). The predicted molar refractivity (Wildman–Crippen MR) is 109 cm³/mol. The summed E-state index contributed by atoms with van der Waals surface area (Å²) in [5, 5.41) is 3.30. The highest BCUT2D eigenvalue weighted by atomic mass is 32.1. The maximum atomic E-state index is 12.6. The number of thiazole rings is 1. The van der Waals surface area contributed by atoms with Crippen LogP contribution in [0.1, 0.15) is 38.8 Å². The Kier molecular flexibility index (Phi) is 5.21. The van der Waals surface area contributed by atoms with Crippen molar-refractivity contribution >= 4 is 28.3 Å². The van der Waals surface area contributed by atoms with Gasteiger partial charge in [0.1, 0.15) is 0 Å². The Morgan fingerprint density at radius 3 is 2.82 bits per heavy atom. The average Bonchev–Trinajstić information content (AvgIpc) is 3.14. The van der Waals surface area contributed by atoms with E-state index in [4.69, 9.17) is 4.74 Å². The number of benzene rings is 2. The van der Waals surface area contributed by atoms with Gasteiger partial charge in [-0.15, -0.1) is 11.3 Å². The predicted octanol–water partition coefficient (Wildman–Crippen LogP) is 4.02. The Morgan fingerprint density at radius 2 is 2.04 bits per heavy atom. The molecule has 28 heavy (non-hydrogen) atoms. The van der Waals surface area contributed by atoms with Gasteiger partial charge in [-0.1, -0.05) is 49.4 Å². The van der Waals surface area contributed by atoms with Crippen molar-refractivity contribution in [3.63, 3.8) is 0 Å². The number of anilines is 1. The van der Waals surface area contributed by atoms with Crippen molar-refractivity contribution in [2.75, 3.05) is 5.32 Å². The molecule has 0 saturated carbocycles. The van der Waals surface area contributed by atoms with Crippen molar-refractivity contribution in [3.8, 4) is 0 Å². The summed E-state index contributed by atoms with van der Waals surface area (Å²) >= 11 is 1.43. The zero-order chi connectivity index (χ0) is 19.5. The van der Waals surface area contributed by atoms with Gasteiger partial charge >= 0.3 is 5.97 Å². The van der Waals surface area contributed by atoms with Crippen LogP contribution in [0.15, 0.2) is 54.7 Å². The van der Waals surface area contributed by atoms with Crippen LogP contribution in [0, 0.1) is 0 Å². The van der Waals surface area contributed by atoms with E-state index in [-0.39, 0.29) is 5.91 Å². The first-order chi connectivity index (χ1) is 13.6. The SMILES string of the molecule is CCc1ccc2c(c1)CC(C(=O)Nc1ncc(Cc3ccccc3)s1)OC2=O. The van der Waals surface area contributed by atoms with E-state index in [0.29, 0.717) is 17.1 Å². The number of carbonyl (C=O) groups excluding carboxylic acids is 2. The Hall–Kier alpha value is -2.99. The second-order valence-corrected chi connectivity index (χ2v) is 7.84. The first kappa shape index (κ1) is 18.4. The Balaban J connectivity index is 1.43. The Bertz CT molecular complexity index is 1010. The summed E-state index contributed by atoms with van der Waals surface area (Å²) in [5.74, 6) is -0.797. The summed E-state index contributed by atoms with van der Waals surface area (Å²) in [7, 11) is 0. The number of ether oxygens (including phenoxy) is 1. The lowest BCUT2D eigenvalue weighted by atomic mass is 9.95. The Morgan fingerprint density at radius 1 is 1.21 bits per heavy atom. The molecule has 3 aromatic rings. The number of rotatable bonds is 5. The molecule has 0 spiro atoms. The third-order valence-corrected chi connectivity index (χ3v) is 5.66. The second kappa shape index (κ2) is 7.94. The molecule has 1 aliphatic rings. The minimum Gasteiger partial charge on any atom is -0.448 e. The highest BCUT2D eigenvalue weighted by Crippen LogP contribution is 2.25. The fraction of sp³-hybridized carbons (Fsp3) is 0.227. The van der Waals surface area contributed by atoms with Crippen molar-refractivity contribution in [2.24, 2.45) is 0 Å². The fourth-order valence-corrected chi connectivity index (χ4v) is 4.09. The number of amides is 1. The largest absolute Gasteiger partial charge is 0.448 e. The molecule has 5 nitrogen and oxygen atoms in total. The van der Waals surface area contributed by atoms with Crippen molar-refractivity contribution in [1.82, 2.24) is 4.98 Å². The van der Waals surface area contributed by atoms with Gasteiger partial charge in [0.15, 0.2) is 11.2 Å². The Labute approximate surface area is 167 Å². The summed E-state index contributed by atoms with van der Waals surface area (Å²) in [6.07, 6.45) is 2.95. The third kappa shape index (κ3) is 3.97. The van der Waals surface area contributed by atoms with E-state index in [1.165, 1.54) is 16.9 Å². The van der Waals surface area contributed by atoms with Crippen molar-refractivity contribution in [2.45, 2.75) is 32.3 Å². The molecular weight excluding hydrogens is 372 g/mol. The lowest BCUT2D eigenvalue weighted by Crippen LogP contribution is -2.38. The van der Waals surface area contributed by atoms with Crippen LogP contribution in [-0.4, -0.2) is 23.0 Å². The molecule has 0 saturated heterocycles. The number of nitrogens with one attached hydrogen (secondary N) is 1. The molecule has 142 valence electrons. The molecule has 1 atom stereocenters. The quantitative estimate of drug-likeness (QED) is 0.666. The normalized spacial score (nSPS) is 15.6. The van der Waals surface area contributed by atoms with Crippen molar-refractivity contribution in [1.29, 1.82) is 0 Å². The van der Waals surface area contributed by atoms with Crippen LogP contribution in [0.25, 0.3) is 0 Å². The van der Waals surface area contributed by atoms with E-state index in [2.05, 4.69) is 29.4 Å². The monoisotopic (exact) mass is 392 g/mol. The molecule has 1 aliphatic heterocycles. The third-order valence-electron chi connectivity index (χ3n) is 4.75. The molecule has 0 fully saturated rings. The maximum absolute atomic E-state index is 12.6. The van der Waals surface area contributed by atoms with Crippen LogP contribution in [0.5, 0.6) is 0 Å². The molecule has 2 heterocycles.